The van der Waals surface area contributed by atoms with Gasteiger partial charge in [0.1, 0.15) is 6.34 Å². The van der Waals surface area contributed by atoms with Crippen LogP contribution in [0.4, 0.5) is 5.69 Å². The fourth-order valence-electron chi connectivity index (χ4n) is 3.85. The van der Waals surface area contributed by atoms with Crippen LogP contribution in [0.3, 0.4) is 0 Å². The van der Waals surface area contributed by atoms with Gasteiger partial charge in [-0.1, -0.05) is 24.3 Å². The topological polar surface area (TPSA) is 54.3 Å². The fourth-order valence-corrected chi connectivity index (χ4v) is 3.85. The van der Waals surface area contributed by atoms with Gasteiger partial charge >= 0.3 is 0 Å². The van der Waals surface area contributed by atoms with Crippen LogP contribution in [0, 0.1) is 0 Å². The first-order valence-corrected chi connectivity index (χ1v) is 9.36. The Bertz CT molecular complexity index is 911. The van der Waals surface area contributed by atoms with Gasteiger partial charge in [-0.05, 0) is 31.5 Å². The average Bonchev–Trinajstić information content (AvgIpc) is 2.80. The van der Waals surface area contributed by atoms with E-state index in [2.05, 4.69) is 27.0 Å². The third kappa shape index (κ3) is 3.19. The zero-order chi connectivity index (χ0) is 18.8. The number of morpholine rings is 1. The molecule has 0 radical (unpaired) electrons. The number of hydrogen-bond donors (Lipinski definition) is 0. The van der Waals surface area contributed by atoms with Crippen molar-refractivity contribution < 1.29 is 9.53 Å². The highest BCUT2D eigenvalue weighted by Gasteiger charge is 2.30. The summed E-state index contributed by atoms with van der Waals surface area (Å²) < 4.78 is 5.43. The highest BCUT2D eigenvalue weighted by Crippen LogP contribution is 2.35. The summed E-state index contributed by atoms with van der Waals surface area (Å²) in [5.74, 6) is 0.0176. The van der Waals surface area contributed by atoms with E-state index in [-0.39, 0.29) is 5.78 Å². The molecule has 0 unspecified atom stereocenters. The number of anilines is 1. The summed E-state index contributed by atoms with van der Waals surface area (Å²) in [7, 11) is 0. The molecule has 1 saturated heterocycles. The lowest BCUT2D eigenvalue weighted by Gasteiger charge is -2.29. The Hall–Kier alpha value is -2.79. The van der Waals surface area contributed by atoms with E-state index in [9.17, 15) is 4.79 Å². The van der Waals surface area contributed by atoms with Crippen LogP contribution in [0.1, 0.15) is 25.8 Å². The summed E-state index contributed by atoms with van der Waals surface area (Å²) in [5, 5.41) is 0. The number of benzene rings is 1. The fraction of sp³-hybridized carbons (Fsp3) is 0.318. The molecule has 138 valence electrons. The van der Waals surface area contributed by atoms with E-state index in [1.807, 2.05) is 38.1 Å². The molecule has 2 aliphatic heterocycles. The summed E-state index contributed by atoms with van der Waals surface area (Å²) in [6.07, 6.45) is 5.99. The maximum Gasteiger partial charge on any atom is 0.195 e. The smallest absolute Gasteiger partial charge is 0.195 e. The Balaban J connectivity index is 1.75. The van der Waals surface area contributed by atoms with Gasteiger partial charge in [0, 0.05) is 36.3 Å². The summed E-state index contributed by atoms with van der Waals surface area (Å²) in [6, 6.07) is 8.22. The van der Waals surface area contributed by atoms with Crippen LogP contribution in [-0.4, -0.2) is 44.1 Å². The van der Waals surface area contributed by atoms with E-state index >= 15 is 0 Å². The predicted molar refractivity (Wildman–Crippen MR) is 109 cm³/mol. The molecule has 0 saturated carbocycles. The molecule has 27 heavy (non-hydrogen) atoms. The third-order valence-electron chi connectivity index (χ3n) is 5.23. The van der Waals surface area contributed by atoms with E-state index in [0.717, 1.165) is 54.5 Å². The molecule has 1 aromatic rings. The van der Waals surface area contributed by atoms with Crippen molar-refractivity contribution in [3.8, 4) is 0 Å². The molecule has 1 fully saturated rings. The number of carbonyl (C=O) groups excluding carboxylic acids is 1. The molecule has 0 aromatic heterocycles. The van der Waals surface area contributed by atoms with Crippen molar-refractivity contribution in [3.05, 3.63) is 58.8 Å². The molecule has 4 rings (SSSR count). The van der Waals surface area contributed by atoms with Gasteiger partial charge in [-0.25, -0.2) is 9.98 Å². The number of ether oxygens (including phenoxy) is 1. The quantitative estimate of drug-likeness (QED) is 0.757. The Morgan fingerprint density at radius 1 is 1.04 bits per heavy atom. The summed E-state index contributed by atoms with van der Waals surface area (Å²) in [4.78, 5) is 24.5. The minimum absolute atomic E-state index is 0.0176. The van der Waals surface area contributed by atoms with E-state index in [4.69, 9.17) is 4.74 Å². The lowest BCUT2D eigenvalue weighted by atomic mass is 9.93. The van der Waals surface area contributed by atoms with Gasteiger partial charge in [-0.15, -0.1) is 0 Å². The summed E-state index contributed by atoms with van der Waals surface area (Å²) in [5.41, 5.74) is 6.04. The highest BCUT2D eigenvalue weighted by atomic mass is 16.5. The Morgan fingerprint density at radius 2 is 1.74 bits per heavy atom. The van der Waals surface area contributed by atoms with E-state index in [1.54, 1.807) is 6.34 Å². The number of fused-ring (bicyclic) bond motifs is 2. The van der Waals surface area contributed by atoms with Crippen molar-refractivity contribution in [2.24, 2.45) is 9.98 Å². The molecule has 5 heteroatoms. The largest absolute Gasteiger partial charge is 0.378 e. The number of nitrogens with zero attached hydrogens (tertiary/aromatic N) is 3. The van der Waals surface area contributed by atoms with Crippen LogP contribution < -0.4 is 4.90 Å². The Morgan fingerprint density at radius 3 is 2.41 bits per heavy atom. The molecule has 0 atom stereocenters. The van der Waals surface area contributed by atoms with Crippen LogP contribution >= 0.6 is 0 Å². The first kappa shape index (κ1) is 17.6. The zero-order valence-electron chi connectivity index (χ0n) is 15.7. The average molecular weight is 361 g/mol. The highest BCUT2D eigenvalue weighted by molar-refractivity contribution is 6.36. The third-order valence-corrected chi connectivity index (χ3v) is 5.23. The van der Waals surface area contributed by atoms with E-state index in [0.29, 0.717) is 17.6 Å². The lowest BCUT2D eigenvalue weighted by Crippen LogP contribution is -2.36. The monoisotopic (exact) mass is 361 g/mol. The number of aliphatic imine (C=N–C) groups is 2. The van der Waals surface area contributed by atoms with Gasteiger partial charge in [-0.2, -0.15) is 0 Å². The summed E-state index contributed by atoms with van der Waals surface area (Å²) >= 11 is 0. The molecule has 0 N–H and O–H groups in total. The van der Waals surface area contributed by atoms with E-state index < -0.39 is 0 Å². The van der Waals surface area contributed by atoms with Gasteiger partial charge < -0.3 is 9.64 Å². The second-order valence-corrected chi connectivity index (χ2v) is 6.70. The summed E-state index contributed by atoms with van der Waals surface area (Å²) in [6.45, 7) is 7.14. The van der Waals surface area contributed by atoms with E-state index in [1.165, 1.54) is 0 Å². The van der Waals surface area contributed by atoms with Gasteiger partial charge in [-0.3, -0.25) is 4.79 Å². The van der Waals surface area contributed by atoms with Crippen LogP contribution in [0.5, 0.6) is 0 Å². The predicted octanol–water partition coefficient (Wildman–Crippen LogP) is 3.58. The minimum Gasteiger partial charge on any atom is -0.378 e. The SMILES string of the molecule is C/C=C1/C(=O)C(c2ccc(N3CCOCC3)cc2)=C2CC(=NC=N2)/C1=C/C. The zero-order valence-corrected chi connectivity index (χ0v) is 15.7. The molecule has 0 amide bonds. The number of rotatable bonds is 2. The van der Waals surface area contributed by atoms with Crippen molar-refractivity contribution in [1.29, 1.82) is 0 Å². The number of ketones is 1. The first-order chi connectivity index (χ1) is 13.2. The van der Waals surface area contributed by atoms with Gasteiger partial charge in [0.25, 0.3) is 0 Å². The second kappa shape index (κ2) is 7.45. The molecule has 2 bridgehead atoms. The molecular weight excluding hydrogens is 338 g/mol. The molecule has 0 spiro atoms. The van der Waals surface area contributed by atoms with Crippen LogP contribution in [0.25, 0.3) is 5.57 Å². The van der Waals surface area contributed by atoms with Crippen LogP contribution in [-0.2, 0) is 9.53 Å². The number of Topliss-reactive ketones (excluding diaryl/α,β-unsaturated/α-hetero) is 1. The normalized spacial score (nSPS) is 23.1. The first-order valence-electron chi connectivity index (χ1n) is 9.36. The van der Waals surface area contributed by atoms with Gasteiger partial charge in [0.05, 0.1) is 30.2 Å². The second-order valence-electron chi connectivity index (χ2n) is 6.70. The van der Waals surface area contributed by atoms with Crippen LogP contribution in [0.15, 0.2) is 63.2 Å². The Labute approximate surface area is 159 Å². The molecule has 3 aliphatic rings. The van der Waals surface area contributed by atoms with Crippen molar-refractivity contribution in [2.45, 2.75) is 20.3 Å². The van der Waals surface area contributed by atoms with Gasteiger partial charge in [0.15, 0.2) is 5.78 Å². The molecular formula is C22H23N3O2. The van der Waals surface area contributed by atoms with Crippen LogP contribution in [0.2, 0.25) is 0 Å². The molecule has 5 nitrogen and oxygen atoms in total. The number of allylic oxidation sites excluding steroid dienone is 6. The van der Waals surface area contributed by atoms with Crippen molar-refractivity contribution in [2.75, 3.05) is 31.2 Å². The standard InChI is InChI=1S/C22H23N3O2/c1-3-17-18(4-2)22(26)21(20-13-19(17)23-14-24-20)15-5-7-16(8-6-15)25-9-11-27-12-10-25/h3-8,14H,9-13H2,1-2H3/b17-3+,18-4+. The number of hydrogen-bond acceptors (Lipinski definition) is 5. The Kier molecular flexibility index (Phi) is 4.86. The van der Waals surface area contributed by atoms with Crippen molar-refractivity contribution in [3.63, 3.8) is 0 Å². The van der Waals surface area contributed by atoms with Crippen molar-refractivity contribution in [1.82, 2.24) is 0 Å². The maximum absolute atomic E-state index is 13.4. The molecule has 2 heterocycles. The molecule has 1 aliphatic carbocycles. The lowest BCUT2D eigenvalue weighted by molar-refractivity contribution is -0.110. The van der Waals surface area contributed by atoms with Crippen molar-refractivity contribution >= 4 is 29.1 Å². The maximum atomic E-state index is 13.4. The minimum atomic E-state index is 0.0176. The number of carbonyl (C=O) groups is 1. The van der Waals surface area contributed by atoms with Gasteiger partial charge in [0.2, 0.25) is 0 Å². The molecule has 1 aromatic carbocycles.